The van der Waals surface area contributed by atoms with Gasteiger partial charge in [0.2, 0.25) is 5.13 Å². The van der Waals surface area contributed by atoms with E-state index in [0.717, 1.165) is 14.6 Å². The first-order valence-corrected chi connectivity index (χ1v) is 7.92. The molecule has 1 heterocycles. The third kappa shape index (κ3) is 4.15. The van der Waals surface area contributed by atoms with Crippen LogP contribution in [0.15, 0.2) is 45.7 Å². The molecular weight excluding hydrogens is 346 g/mol. The number of anilines is 1. The van der Waals surface area contributed by atoms with Crippen LogP contribution in [0.1, 0.15) is 10.4 Å². The first-order chi connectivity index (χ1) is 9.19. The van der Waals surface area contributed by atoms with Crippen LogP contribution in [0.5, 0.6) is 0 Å². The number of thioether (sulfide) groups is 1. The number of nitrogens with zero attached hydrogens (tertiary/aromatic N) is 2. The molecule has 0 atom stereocenters. The van der Waals surface area contributed by atoms with Gasteiger partial charge in [-0.2, -0.15) is 0 Å². The second kappa shape index (κ2) is 6.83. The van der Waals surface area contributed by atoms with E-state index < -0.39 is 0 Å². The first kappa shape index (κ1) is 14.2. The van der Waals surface area contributed by atoms with Crippen LogP contribution < -0.4 is 5.32 Å². The van der Waals surface area contributed by atoms with E-state index in [2.05, 4.69) is 38.0 Å². The predicted molar refractivity (Wildman–Crippen MR) is 82.9 cm³/mol. The molecule has 0 aliphatic rings. The zero-order valence-corrected chi connectivity index (χ0v) is 13.0. The Hall–Kier alpha value is -1.18. The molecule has 0 saturated heterocycles. The van der Waals surface area contributed by atoms with E-state index in [0.29, 0.717) is 10.7 Å². The fraction of sp³-hybridized carbons (Fsp3) is 0.0833. The number of benzene rings is 1. The average Bonchev–Trinajstić information content (AvgIpc) is 2.84. The molecule has 0 unspecified atom stereocenters. The normalized spacial score (nSPS) is 10.2. The van der Waals surface area contributed by atoms with Gasteiger partial charge in [0.15, 0.2) is 4.34 Å². The third-order valence-electron chi connectivity index (χ3n) is 2.04. The summed E-state index contributed by atoms with van der Waals surface area (Å²) in [6, 6.07) is 7.18. The van der Waals surface area contributed by atoms with Crippen LogP contribution >= 0.6 is 39.0 Å². The molecule has 0 spiro atoms. The van der Waals surface area contributed by atoms with Gasteiger partial charge >= 0.3 is 0 Å². The lowest BCUT2D eigenvalue weighted by atomic mass is 10.2. The Morgan fingerprint density at radius 1 is 1.53 bits per heavy atom. The summed E-state index contributed by atoms with van der Waals surface area (Å²) in [5.74, 6) is 0.575. The van der Waals surface area contributed by atoms with E-state index in [1.165, 1.54) is 23.1 Å². The maximum Gasteiger partial charge on any atom is 0.257 e. The van der Waals surface area contributed by atoms with Gasteiger partial charge in [-0.25, -0.2) is 0 Å². The summed E-state index contributed by atoms with van der Waals surface area (Å²) < 4.78 is 1.67. The fourth-order valence-electron chi connectivity index (χ4n) is 1.25. The second-order valence-corrected chi connectivity index (χ2v) is 6.60. The van der Waals surface area contributed by atoms with Crippen molar-refractivity contribution in [2.45, 2.75) is 4.34 Å². The summed E-state index contributed by atoms with van der Waals surface area (Å²) in [6.07, 6.45) is 1.80. The van der Waals surface area contributed by atoms with Crippen molar-refractivity contribution in [1.29, 1.82) is 0 Å². The minimum Gasteiger partial charge on any atom is -0.296 e. The number of hydrogen-bond acceptors (Lipinski definition) is 5. The minimum atomic E-state index is -0.197. The number of carbonyl (C=O) groups excluding carboxylic acids is 1. The number of hydrogen-bond donors (Lipinski definition) is 1. The van der Waals surface area contributed by atoms with Crippen molar-refractivity contribution in [3.05, 3.63) is 47.0 Å². The lowest BCUT2D eigenvalue weighted by molar-refractivity contribution is 0.102. The highest BCUT2D eigenvalue weighted by Gasteiger charge is 2.10. The molecule has 0 saturated carbocycles. The van der Waals surface area contributed by atoms with Gasteiger partial charge in [-0.3, -0.25) is 10.1 Å². The van der Waals surface area contributed by atoms with Crippen LogP contribution in [0.25, 0.3) is 0 Å². The molecule has 1 aromatic carbocycles. The van der Waals surface area contributed by atoms with Crippen molar-refractivity contribution < 1.29 is 4.79 Å². The maximum absolute atomic E-state index is 12.0. The molecule has 1 N–H and O–H groups in total. The fourth-order valence-corrected chi connectivity index (χ4v) is 3.16. The number of nitrogens with one attached hydrogen (secondary N) is 1. The van der Waals surface area contributed by atoms with Crippen molar-refractivity contribution in [1.82, 2.24) is 10.2 Å². The van der Waals surface area contributed by atoms with Crippen LogP contribution in [-0.4, -0.2) is 21.9 Å². The summed E-state index contributed by atoms with van der Waals surface area (Å²) in [5.41, 5.74) is 0.574. The monoisotopic (exact) mass is 355 g/mol. The standard InChI is InChI=1S/C12H10BrN3OS2/c1-2-6-18-12-16-15-11(19-12)14-10(17)8-4-3-5-9(13)7-8/h2-5,7H,1,6H2,(H,14,15,17). The number of aromatic nitrogens is 2. The maximum atomic E-state index is 12.0. The van der Waals surface area contributed by atoms with E-state index in [1.807, 2.05) is 12.1 Å². The predicted octanol–water partition coefficient (Wildman–Crippen LogP) is 3.83. The third-order valence-corrected chi connectivity index (χ3v) is 4.50. The molecule has 2 rings (SSSR count). The quantitative estimate of drug-likeness (QED) is 0.503. The van der Waals surface area contributed by atoms with E-state index >= 15 is 0 Å². The molecule has 0 aliphatic carbocycles. The molecule has 0 radical (unpaired) electrons. The lowest BCUT2D eigenvalue weighted by Crippen LogP contribution is -2.11. The molecule has 0 aliphatic heterocycles. The highest BCUT2D eigenvalue weighted by Crippen LogP contribution is 2.25. The van der Waals surface area contributed by atoms with Gasteiger partial charge in [-0.1, -0.05) is 51.2 Å². The van der Waals surface area contributed by atoms with E-state index in [1.54, 1.807) is 18.2 Å². The van der Waals surface area contributed by atoms with Gasteiger partial charge in [0.25, 0.3) is 5.91 Å². The van der Waals surface area contributed by atoms with Gasteiger partial charge in [0.1, 0.15) is 0 Å². The van der Waals surface area contributed by atoms with E-state index in [-0.39, 0.29) is 5.91 Å². The average molecular weight is 356 g/mol. The van der Waals surface area contributed by atoms with Gasteiger partial charge in [-0.05, 0) is 18.2 Å². The van der Waals surface area contributed by atoms with Crippen LogP contribution in [0.4, 0.5) is 5.13 Å². The Labute approximate surface area is 127 Å². The highest BCUT2D eigenvalue weighted by molar-refractivity contribution is 9.10. The largest absolute Gasteiger partial charge is 0.296 e. The van der Waals surface area contributed by atoms with Gasteiger partial charge < -0.3 is 0 Å². The van der Waals surface area contributed by atoms with Gasteiger partial charge in [0.05, 0.1) is 0 Å². The smallest absolute Gasteiger partial charge is 0.257 e. The highest BCUT2D eigenvalue weighted by atomic mass is 79.9. The van der Waals surface area contributed by atoms with Crippen LogP contribution in [0, 0.1) is 0 Å². The first-order valence-electron chi connectivity index (χ1n) is 5.33. The summed E-state index contributed by atoms with van der Waals surface area (Å²) >= 11 is 6.21. The van der Waals surface area contributed by atoms with Crippen molar-refractivity contribution >= 4 is 50.1 Å². The molecule has 0 fully saturated rings. The molecule has 19 heavy (non-hydrogen) atoms. The van der Waals surface area contributed by atoms with Crippen molar-refractivity contribution in [3.63, 3.8) is 0 Å². The summed E-state index contributed by atoms with van der Waals surface area (Å²) in [5, 5.41) is 11.1. The molecule has 2 aromatic rings. The number of carbonyl (C=O) groups is 1. The molecule has 1 amide bonds. The molecule has 7 heteroatoms. The molecule has 4 nitrogen and oxygen atoms in total. The van der Waals surface area contributed by atoms with Crippen molar-refractivity contribution in [2.75, 3.05) is 11.1 Å². The van der Waals surface area contributed by atoms with Crippen LogP contribution in [0.3, 0.4) is 0 Å². The number of rotatable bonds is 5. The number of amides is 1. The van der Waals surface area contributed by atoms with Crippen LogP contribution in [0.2, 0.25) is 0 Å². The van der Waals surface area contributed by atoms with E-state index in [4.69, 9.17) is 0 Å². The zero-order chi connectivity index (χ0) is 13.7. The van der Waals surface area contributed by atoms with Gasteiger partial charge in [0, 0.05) is 15.8 Å². The Bertz CT molecular complexity index is 600. The van der Waals surface area contributed by atoms with E-state index in [9.17, 15) is 4.79 Å². The van der Waals surface area contributed by atoms with Crippen LogP contribution in [-0.2, 0) is 0 Å². The summed E-state index contributed by atoms with van der Waals surface area (Å²) in [6.45, 7) is 3.64. The van der Waals surface area contributed by atoms with Gasteiger partial charge in [-0.15, -0.1) is 16.8 Å². The Kier molecular flexibility index (Phi) is 5.12. The Morgan fingerprint density at radius 3 is 3.11 bits per heavy atom. The lowest BCUT2D eigenvalue weighted by Gasteiger charge is -2.01. The van der Waals surface area contributed by atoms with Crippen molar-refractivity contribution in [3.8, 4) is 0 Å². The molecule has 98 valence electrons. The Balaban J connectivity index is 2.02. The second-order valence-electron chi connectivity index (χ2n) is 3.44. The van der Waals surface area contributed by atoms with Crippen molar-refractivity contribution in [2.24, 2.45) is 0 Å². The molecular formula is C12H10BrN3OS2. The number of halogens is 1. The summed E-state index contributed by atoms with van der Waals surface area (Å²) in [7, 11) is 0. The SMILES string of the molecule is C=CCSc1nnc(NC(=O)c2cccc(Br)c2)s1. The zero-order valence-electron chi connectivity index (χ0n) is 9.80. The summed E-state index contributed by atoms with van der Waals surface area (Å²) in [4.78, 5) is 12.0. The molecule has 0 bridgehead atoms. The minimum absolute atomic E-state index is 0.197. The molecule has 1 aromatic heterocycles. The Morgan fingerprint density at radius 2 is 2.37 bits per heavy atom. The topological polar surface area (TPSA) is 54.9 Å².